The van der Waals surface area contributed by atoms with Crippen molar-refractivity contribution in [3.05, 3.63) is 24.5 Å². The minimum Gasteiger partial charge on any atom is -0.347 e. The summed E-state index contributed by atoms with van der Waals surface area (Å²) in [5.74, 6) is -0.696. The van der Waals surface area contributed by atoms with Gasteiger partial charge in [0.2, 0.25) is 5.91 Å². The van der Waals surface area contributed by atoms with Gasteiger partial charge in [-0.15, -0.1) is 4.28 Å². The largest absolute Gasteiger partial charge is 0.418 e. The zero-order valence-corrected chi connectivity index (χ0v) is 14.5. The molecule has 11 nitrogen and oxygen atoms in total. The molecule has 2 N–H and O–H groups in total. The summed E-state index contributed by atoms with van der Waals surface area (Å²) in [5, 5.41) is 3.08. The Kier molecular flexibility index (Phi) is 4.98. The van der Waals surface area contributed by atoms with E-state index in [2.05, 4.69) is 9.60 Å². The first-order valence-corrected chi connectivity index (χ1v) is 9.28. The quantitative estimate of drug-likeness (QED) is 0.584. The maximum Gasteiger partial charge on any atom is 0.418 e. The van der Waals surface area contributed by atoms with Gasteiger partial charge in [0, 0.05) is 18.9 Å². The van der Waals surface area contributed by atoms with Crippen LogP contribution in [0.15, 0.2) is 24.5 Å². The third-order valence-electron chi connectivity index (χ3n) is 4.28. The van der Waals surface area contributed by atoms with Crippen molar-refractivity contribution in [2.24, 2.45) is 0 Å². The first-order valence-electron chi connectivity index (χ1n) is 7.91. The summed E-state index contributed by atoms with van der Waals surface area (Å²) in [6.07, 6.45) is 4.08. The Hall–Kier alpha value is -2.44. The highest BCUT2D eigenvalue weighted by atomic mass is 32.3. The number of rotatable bonds is 7. The molecule has 2 aliphatic heterocycles. The van der Waals surface area contributed by atoms with E-state index in [1.54, 1.807) is 29.1 Å². The number of aromatic nitrogens is 1. The Morgan fingerprint density at radius 2 is 1.96 bits per heavy atom. The molecule has 2 fully saturated rings. The van der Waals surface area contributed by atoms with Crippen molar-refractivity contribution < 1.29 is 31.6 Å². The fourth-order valence-electron chi connectivity index (χ4n) is 3.14. The van der Waals surface area contributed by atoms with Crippen LogP contribution in [0.1, 0.15) is 12.8 Å². The molecule has 3 amide bonds. The number of hydrogen-bond acceptors (Lipinski definition) is 6. The van der Waals surface area contributed by atoms with Crippen LogP contribution >= 0.6 is 0 Å². The van der Waals surface area contributed by atoms with Crippen LogP contribution in [0.25, 0.3) is 0 Å². The van der Waals surface area contributed by atoms with E-state index >= 15 is 0 Å². The molecule has 1 aromatic rings. The maximum atomic E-state index is 12.3. The summed E-state index contributed by atoms with van der Waals surface area (Å²) < 4.78 is 36.4. The lowest BCUT2D eigenvalue weighted by molar-refractivity contribution is -0.128. The summed E-state index contributed by atoms with van der Waals surface area (Å²) in [6, 6.07) is 1.36. The van der Waals surface area contributed by atoms with Crippen LogP contribution in [0.5, 0.6) is 0 Å². The number of nitrogens with zero attached hydrogens (tertiary/aromatic N) is 3. The Labute approximate surface area is 149 Å². The number of piperidine rings is 1. The van der Waals surface area contributed by atoms with Gasteiger partial charge in [0.1, 0.15) is 6.04 Å². The van der Waals surface area contributed by atoms with E-state index in [9.17, 15) is 22.8 Å². The summed E-state index contributed by atoms with van der Waals surface area (Å²) >= 11 is 0. The van der Waals surface area contributed by atoms with Crippen molar-refractivity contribution in [3.63, 3.8) is 0 Å². The molecule has 142 valence electrons. The number of hydrogen-bond donors (Lipinski definition) is 2. The van der Waals surface area contributed by atoms with Crippen molar-refractivity contribution in [3.8, 4) is 0 Å². The smallest absolute Gasteiger partial charge is 0.347 e. The second-order valence-corrected chi connectivity index (χ2v) is 7.13. The third-order valence-corrected chi connectivity index (χ3v) is 4.63. The molecule has 0 aromatic carbocycles. The number of nitrogens with one attached hydrogen (secondary N) is 1. The second-order valence-electron chi connectivity index (χ2n) is 6.12. The van der Waals surface area contributed by atoms with Gasteiger partial charge in [0.15, 0.2) is 5.78 Å². The number of amides is 3. The lowest BCUT2D eigenvalue weighted by Crippen LogP contribution is -2.50. The highest BCUT2D eigenvalue weighted by Gasteiger charge is 2.49. The van der Waals surface area contributed by atoms with Gasteiger partial charge in [0.25, 0.3) is 0 Å². The van der Waals surface area contributed by atoms with Gasteiger partial charge >= 0.3 is 16.4 Å². The first kappa shape index (κ1) is 18.4. The van der Waals surface area contributed by atoms with Gasteiger partial charge in [-0.3, -0.25) is 14.1 Å². The molecule has 2 bridgehead atoms. The fourth-order valence-corrected chi connectivity index (χ4v) is 3.53. The Bertz CT molecular complexity index is 807. The van der Waals surface area contributed by atoms with Crippen molar-refractivity contribution in [1.29, 1.82) is 0 Å². The van der Waals surface area contributed by atoms with Gasteiger partial charge in [-0.25, -0.2) is 4.79 Å². The highest BCUT2D eigenvalue weighted by Crippen LogP contribution is 2.30. The monoisotopic (exact) mass is 386 g/mol. The first-order chi connectivity index (χ1) is 12.2. The van der Waals surface area contributed by atoms with Crippen LogP contribution in [-0.2, 0) is 30.8 Å². The zero-order chi connectivity index (χ0) is 18.9. The molecule has 1 aromatic heterocycles. The number of urea groups is 1. The van der Waals surface area contributed by atoms with Crippen LogP contribution < -0.4 is 5.32 Å². The predicted octanol–water partition coefficient (Wildman–Crippen LogP) is -0.824. The molecule has 0 unspecified atom stereocenters. The number of ketones is 1. The van der Waals surface area contributed by atoms with Crippen LogP contribution in [0.3, 0.4) is 0 Å². The number of Topliss-reactive ketones (excluding diaryl/α,β-unsaturated/α-hetero) is 1. The molecule has 3 heterocycles. The molecule has 0 spiro atoms. The maximum absolute atomic E-state index is 12.3. The number of carbonyl (C=O) groups excluding carboxylic acids is 3. The van der Waals surface area contributed by atoms with E-state index in [0.717, 1.165) is 0 Å². The molecule has 0 radical (unpaired) electrons. The molecule has 2 saturated heterocycles. The summed E-state index contributed by atoms with van der Waals surface area (Å²) in [5.41, 5.74) is 0. The van der Waals surface area contributed by atoms with Gasteiger partial charge < -0.3 is 14.8 Å². The lowest BCUT2D eigenvalue weighted by Gasteiger charge is -2.29. The van der Waals surface area contributed by atoms with Crippen LogP contribution in [0, 0.1) is 0 Å². The minimum absolute atomic E-state index is 0.101. The predicted molar refractivity (Wildman–Crippen MR) is 85.8 cm³/mol. The molecule has 26 heavy (non-hydrogen) atoms. The molecule has 2 aliphatic rings. The number of hydroxylamine groups is 2. The normalized spacial score (nSPS) is 22.6. The average molecular weight is 386 g/mol. The van der Waals surface area contributed by atoms with Crippen LogP contribution in [0.4, 0.5) is 4.79 Å². The van der Waals surface area contributed by atoms with Gasteiger partial charge in [-0.2, -0.15) is 13.5 Å². The number of fused-ring (bicyclic) bond motifs is 2. The van der Waals surface area contributed by atoms with Gasteiger partial charge in [-0.05, 0) is 25.0 Å². The van der Waals surface area contributed by atoms with Crippen LogP contribution in [0.2, 0.25) is 0 Å². The van der Waals surface area contributed by atoms with Gasteiger partial charge in [-0.1, -0.05) is 0 Å². The third kappa shape index (κ3) is 4.03. The minimum atomic E-state index is -4.83. The summed E-state index contributed by atoms with van der Waals surface area (Å²) in [6.45, 7) is 0.0482. The standard InChI is InChI=1S/C14H18N4O7S/c19-11(9-16-5-1-2-6-16)7-15-13(20)12-4-3-10-8-17(12)14(21)18(10)25-26(22,23)24/h1-2,5-6,10,12H,3-4,7-9H2,(H,15,20)(H,22,23,24)/t10-,12+/m1/s1. The SMILES string of the molecule is O=C(CNC(=O)[C@@H]1CC[C@@H]2CN1C(=O)N2OS(=O)(=O)O)Cn1cccc1. The summed E-state index contributed by atoms with van der Waals surface area (Å²) in [4.78, 5) is 37.6. The van der Waals surface area contributed by atoms with Crippen molar-refractivity contribution in [2.75, 3.05) is 13.1 Å². The van der Waals surface area contributed by atoms with Crippen molar-refractivity contribution in [1.82, 2.24) is 19.8 Å². The molecule has 0 saturated carbocycles. The molecule has 2 atom stereocenters. The van der Waals surface area contributed by atoms with Crippen molar-refractivity contribution >= 4 is 28.1 Å². The average Bonchev–Trinajstić information content (AvgIpc) is 3.15. The molecular weight excluding hydrogens is 368 g/mol. The lowest BCUT2D eigenvalue weighted by atomic mass is 10.0. The zero-order valence-electron chi connectivity index (χ0n) is 13.6. The van der Waals surface area contributed by atoms with Gasteiger partial charge in [0.05, 0.1) is 19.1 Å². The topological polar surface area (TPSA) is 138 Å². The second kappa shape index (κ2) is 7.05. The Morgan fingerprint density at radius 1 is 1.27 bits per heavy atom. The Morgan fingerprint density at radius 3 is 2.62 bits per heavy atom. The van der Waals surface area contributed by atoms with E-state index < -0.39 is 34.4 Å². The fraction of sp³-hybridized carbons (Fsp3) is 0.500. The molecule has 0 aliphatic carbocycles. The van der Waals surface area contributed by atoms with E-state index in [0.29, 0.717) is 17.9 Å². The Balaban J connectivity index is 1.56. The number of carbonyl (C=O) groups is 3. The molecule has 12 heteroatoms. The highest BCUT2D eigenvalue weighted by molar-refractivity contribution is 7.80. The van der Waals surface area contributed by atoms with E-state index in [1.807, 2.05) is 0 Å². The van der Waals surface area contributed by atoms with Crippen LogP contribution in [-0.4, -0.2) is 70.4 Å². The molecule has 3 rings (SSSR count). The van der Waals surface area contributed by atoms with Crippen molar-refractivity contribution in [2.45, 2.75) is 31.5 Å². The van der Waals surface area contributed by atoms with E-state index in [4.69, 9.17) is 4.55 Å². The summed E-state index contributed by atoms with van der Waals surface area (Å²) in [7, 11) is -4.83. The van der Waals surface area contributed by atoms with E-state index in [1.165, 1.54) is 4.90 Å². The molecular formula is C14H18N4O7S. The van der Waals surface area contributed by atoms with E-state index in [-0.39, 0.29) is 25.4 Å².